The van der Waals surface area contributed by atoms with Crippen molar-refractivity contribution in [2.75, 3.05) is 14.1 Å². The molecule has 0 unspecified atom stereocenters. The Bertz CT molecular complexity index is 1220. The average molecular weight is 431 g/mol. The molecule has 1 aromatic carbocycles. The molecule has 0 saturated heterocycles. The number of hydrogen-bond donors (Lipinski definition) is 2. The number of hydrogen-bond acceptors (Lipinski definition) is 6. The van der Waals surface area contributed by atoms with Crippen LogP contribution < -0.4 is 5.73 Å². The first-order chi connectivity index (χ1) is 15.5. The zero-order valence-electron chi connectivity index (χ0n) is 18.9. The molecule has 7 nitrogen and oxygen atoms in total. The zero-order valence-corrected chi connectivity index (χ0v) is 18.9. The molecule has 3 aromatic heterocycles. The smallest absolute Gasteiger partial charge is 0.154 e. The van der Waals surface area contributed by atoms with Crippen LogP contribution >= 0.6 is 0 Å². The summed E-state index contributed by atoms with van der Waals surface area (Å²) < 4.78 is 1.82. The van der Waals surface area contributed by atoms with E-state index < -0.39 is 0 Å². The maximum atomic E-state index is 9.50. The predicted octanol–water partition coefficient (Wildman–Crippen LogP) is 3.84. The normalized spacial score (nSPS) is 12.6. The van der Waals surface area contributed by atoms with Crippen molar-refractivity contribution >= 4 is 10.9 Å². The molecule has 0 spiro atoms. The molecule has 0 bridgehead atoms. The van der Waals surface area contributed by atoms with Gasteiger partial charge in [0.05, 0.1) is 35.4 Å². The van der Waals surface area contributed by atoms with E-state index in [-0.39, 0.29) is 12.6 Å². The Morgan fingerprint density at radius 1 is 1.09 bits per heavy atom. The first-order valence-corrected chi connectivity index (χ1v) is 11.0. The third-order valence-corrected chi connectivity index (χ3v) is 5.48. The van der Waals surface area contributed by atoms with Gasteiger partial charge in [0.2, 0.25) is 0 Å². The highest BCUT2D eigenvalue weighted by Gasteiger charge is 2.15. The van der Waals surface area contributed by atoms with Crippen molar-refractivity contribution in [3.05, 3.63) is 71.7 Å². The lowest BCUT2D eigenvalue weighted by atomic mass is 10.0. The fourth-order valence-electron chi connectivity index (χ4n) is 3.95. The number of aromatic nitrogens is 4. The second-order valence-corrected chi connectivity index (χ2v) is 8.35. The van der Waals surface area contributed by atoms with Gasteiger partial charge < -0.3 is 15.7 Å². The van der Waals surface area contributed by atoms with Crippen molar-refractivity contribution < 1.29 is 5.11 Å². The number of nitrogens with two attached hydrogens (primary N) is 1. The molecule has 0 radical (unpaired) electrons. The Balaban J connectivity index is 1.87. The number of aliphatic hydroxyl groups excluding tert-OH is 1. The summed E-state index contributed by atoms with van der Waals surface area (Å²) in [4.78, 5) is 11.6. The molecule has 0 aliphatic heterocycles. The number of pyridine rings is 2. The quantitative estimate of drug-likeness (QED) is 0.441. The van der Waals surface area contributed by atoms with Crippen LogP contribution in [0, 0.1) is 0 Å². The molecule has 0 aliphatic rings. The van der Waals surface area contributed by atoms with Gasteiger partial charge in [-0.3, -0.25) is 4.98 Å². The van der Waals surface area contributed by atoms with Crippen LogP contribution in [0.25, 0.3) is 28.0 Å². The number of fused-ring (bicyclic) bond motifs is 1. The van der Waals surface area contributed by atoms with E-state index in [0.29, 0.717) is 11.5 Å². The summed E-state index contributed by atoms with van der Waals surface area (Å²) in [5.74, 6) is 0.672. The van der Waals surface area contributed by atoms with E-state index in [4.69, 9.17) is 10.7 Å². The molecule has 0 aliphatic carbocycles. The fraction of sp³-hybridized carbons (Fsp3) is 0.320. The van der Waals surface area contributed by atoms with Crippen LogP contribution in [0.5, 0.6) is 0 Å². The van der Waals surface area contributed by atoms with Gasteiger partial charge in [-0.25, -0.2) is 9.67 Å². The third kappa shape index (κ3) is 4.55. The highest BCUT2D eigenvalue weighted by Crippen LogP contribution is 2.30. The molecular formula is C25H30N6O. The molecular weight excluding hydrogens is 400 g/mol. The predicted molar refractivity (Wildman–Crippen MR) is 127 cm³/mol. The minimum Gasteiger partial charge on any atom is -0.390 e. The monoisotopic (exact) mass is 430 g/mol. The second-order valence-electron chi connectivity index (χ2n) is 8.35. The highest BCUT2D eigenvalue weighted by atomic mass is 16.3. The van der Waals surface area contributed by atoms with E-state index in [1.807, 2.05) is 41.2 Å². The molecule has 0 amide bonds. The molecule has 4 rings (SSSR count). The summed E-state index contributed by atoms with van der Waals surface area (Å²) in [7, 11) is 4.11. The van der Waals surface area contributed by atoms with Crippen molar-refractivity contribution in [1.29, 1.82) is 0 Å². The van der Waals surface area contributed by atoms with Gasteiger partial charge in [0, 0.05) is 23.5 Å². The SMILES string of the molecule is CCC[C@H](N)c1cccc(-c2cc(CN(C)C)c3cnn(-c4cccc(CO)n4)c3c2)n1. The average Bonchev–Trinajstić information content (AvgIpc) is 3.23. The summed E-state index contributed by atoms with van der Waals surface area (Å²) in [6.45, 7) is 2.79. The highest BCUT2D eigenvalue weighted by molar-refractivity contribution is 5.88. The maximum absolute atomic E-state index is 9.50. The van der Waals surface area contributed by atoms with E-state index in [1.54, 1.807) is 6.07 Å². The number of benzene rings is 1. The number of aliphatic hydroxyl groups is 1. The number of rotatable bonds is 8. The Kier molecular flexibility index (Phi) is 6.60. The van der Waals surface area contributed by atoms with E-state index >= 15 is 0 Å². The molecule has 4 aromatic rings. The minimum atomic E-state index is -0.112. The van der Waals surface area contributed by atoms with Crippen LogP contribution in [0.15, 0.2) is 54.7 Å². The summed E-state index contributed by atoms with van der Waals surface area (Å²) in [6.07, 6.45) is 3.80. The van der Waals surface area contributed by atoms with Crippen LogP contribution in [0.1, 0.15) is 42.8 Å². The lowest BCUT2D eigenvalue weighted by Crippen LogP contribution is -2.12. The summed E-state index contributed by atoms with van der Waals surface area (Å²) >= 11 is 0. The van der Waals surface area contributed by atoms with Crippen molar-refractivity contribution in [3.63, 3.8) is 0 Å². The lowest BCUT2D eigenvalue weighted by molar-refractivity contribution is 0.276. The molecule has 1 atom stereocenters. The van der Waals surface area contributed by atoms with Crippen molar-refractivity contribution in [3.8, 4) is 17.1 Å². The van der Waals surface area contributed by atoms with Gasteiger partial charge in [0.1, 0.15) is 0 Å². The Labute approximate surface area is 188 Å². The van der Waals surface area contributed by atoms with E-state index in [9.17, 15) is 5.11 Å². The van der Waals surface area contributed by atoms with E-state index in [0.717, 1.165) is 52.8 Å². The van der Waals surface area contributed by atoms with Crippen molar-refractivity contribution in [2.24, 2.45) is 5.73 Å². The Hall–Kier alpha value is -3.13. The van der Waals surface area contributed by atoms with Crippen LogP contribution in [0.2, 0.25) is 0 Å². The Morgan fingerprint density at radius 3 is 2.66 bits per heavy atom. The second kappa shape index (κ2) is 9.56. The van der Waals surface area contributed by atoms with Gasteiger partial charge in [-0.15, -0.1) is 0 Å². The van der Waals surface area contributed by atoms with Gasteiger partial charge in [0.25, 0.3) is 0 Å². The summed E-state index contributed by atoms with van der Waals surface area (Å²) in [5, 5.41) is 15.2. The molecule has 3 N–H and O–H groups in total. The van der Waals surface area contributed by atoms with Gasteiger partial charge in [-0.05, 0) is 62.5 Å². The molecule has 0 fully saturated rings. The van der Waals surface area contributed by atoms with Crippen LogP contribution in [0.3, 0.4) is 0 Å². The van der Waals surface area contributed by atoms with Gasteiger partial charge in [-0.1, -0.05) is 25.5 Å². The first-order valence-electron chi connectivity index (χ1n) is 11.0. The molecule has 0 saturated carbocycles. The molecule has 166 valence electrons. The Morgan fingerprint density at radius 2 is 1.91 bits per heavy atom. The minimum absolute atomic E-state index is 0.0686. The summed E-state index contributed by atoms with van der Waals surface area (Å²) in [5.41, 5.74) is 11.9. The van der Waals surface area contributed by atoms with Gasteiger partial charge >= 0.3 is 0 Å². The largest absolute Gasteiger partial charge is 0.390 e. The van der Waals surface area contributed by atoms with Crippen LogP contribution in [-0.4, -0.2) is 43.9 Å². The number of nitrogens with zero attached hydrogens (tertiary/aromatic N) is 5. The summed E-state index contributed by atoms with van der Waals surface area (Å²) in [6, 6.07) is 15.8. The van der Waals surface area contributed by atoms with Gasteiger partial charge in [0.15, 0.2) is 5.82 Å². The maximum Gasteiger partial charge on any atom is 0.154 e. The zero-order chi connectivity index (χ0) is 22.7. The van der Waals surface area contributed by atoms with Gasteiger partial charge in [-0.2, -0.15) is 5.10 Å². The molecule has 32 heavy (non-hydrogen) atoms. The third-order valence-electron chi connectivity index (χ3n) is 5.48. The van der Waals surface area contributed by atoms with Crippen molar-refractivity contribution in [1.82, 2.24) is 24.6 Å². The van der Waals surface area contributed by atoms with Crippen LogP contribution in [-0.2, 0) is 13.2 Å². The standard InChI is InChI=1S/C25H30N6O/c1-4-7-21(26)23-10-6-9-22(29-23)17-12-18(15-30(2)3)20-14-27-31(24(20)13-17)25-11-5-8-19(16-32)28-25/h5-6,8-14,21,32H,4,7,15-16,26H2,1-3H3/t21-/m0/s1. The topological polar surface area (TPSA) is 93.1 Å². The first kappa shape index (κ1) is 22.1. The van der Waals surface area contributed by atoms with E-state index in [1.165, 1.54) is 0 Å². The van der Waals surface area contributed by atoms with E-state index in [2.05, 4.69) is 48.1 Å². The lowest BCUT2D eigenvalue weighted by Gasteiger charge is -2.15. The fourth-order valence-corrected chi connectivity index (χ4v) is 3.95. The molecule has 7 heteroatoms. The molecule has 3 heterocycles. The van der Waals surface area contributed by atoms with Crippen molar-refractivity contribution in [2.45, 2.75) is 39.0 Å². The van der Waals surface area contributed by atoms with Crippen LogP contribution in [0.4, 0.5) is 0 Å².